The van der Waals surface area contributed by atoms with Crippen LogP contribution in [0.15, 0.2) is 24.3 Å². The van der Waals surface area contributed by atoms with Gasteiger partial charge in [-0.25, -0.2) is 0 Å². The van der Waals surface area contributed by atoms with E-state index < -0.39 is 0 Å². The number of aliphatic hydroxyl groups excluding tert-OH is 1. The summed E-state index contributed by atoms with van der Waals surface area (Å²) in [6, 6.07) is 7.21. The molecule has 0 saturated carbocycles. The van der Waals surface area contributed by atoms with Gasteiger partial charge >= 0.3 is 0 Å². The van der Waals surface area contributed by atoms with Gasteiger partial charge in [0, 0.05) is 29.6 Å². The van der Waals surface area contributed by atoms with E-state index in [1.54, 1.807) is 12.1 Å². The number of hydrogen-bond donors (Lipinski definition) is 2. The van der Waals surface area contributed by atoms with Gasteiger partial charge < -0.3 is 15.3 Å². The lowest BCUT2D eigenvalue weighted by atomic mass is 10.0. The van der Waals surface area contributed by atoms with Crippen molar-refractivity contribution >= 4 is 5.91 Å². The molecule has 0 fully saturated rings. The molecule has 0 atom stereocenters. The molecule has 1 aromatic carbocycles. The molecule has 0 unspecified atom stereocenters. The van der Waals surface area contributed by atoms with Gasteiger partial charge in [0.25, 0.3) is 5.91 Å². The van der Waals surface area contributed by atoms with Crippen molar-refractivity contribution in [2.45, 2.75) is 25.8 Å². The fourth-order valence-electron chi connectivity index (χ4n) is 1.52. The Hall–Kier alpha value is -1.83. The van der Waals surface area contributed by atoms with Gasteiger partial charge in [0.1, 0.15) is 0 Å². The maximum Gasteiger partial charge on any atom is 0.251 e. The molecule has 0 radical (unpaired) electrons. The molecule has 4 heteroatoms. The van der Waals surface area contributed by atoms with Gasteiger partial charge in [-0.2, -0.15) is 0 Å². The van der Waals surface area contributed by atoms with Crippen molar-refractivity contribution in [3.8, 4) is 11.8 Å². The topological polar surface area (TPSA) is 52.6 Å². The highest BCUT2D eigenvalue weighted by Gasteiger charge is 2.21. The Morgan fingerprint density at radius 3 is 2.71 bits per heavy atom. The summed E-state index contributed by atoms with van der Waals surface area (Å²) in [6.07, 6.45) is 0.438. The minimum Gasteiger partial charge on any atom is -0.395 e. The van der Waals surface area contributed by atoms with E-state index >= 15 is 0 Å². The van der Waals surface area contributed by atoms with Crippen LogP contribution in [0.3, 0.4) is 0 Å². The molecule has 0 saturated heterocycles. The summed E-state index contributed by atoms with van der Waals surface area (Å²) in [5.74, 6) is 5.68. The van der Waals surface area contributed by atoms with Crippen LogP contribution in [0.1, 0.15) is 36.2 Å². The average Bonchev–Trinajstić information content (AvgIpc) is 2.45. The number of hydrogen-bond acceptors (Lipinski definition) is 3. The largest absolute Gasteiger partial charge is 0.395 e. The van der Waals surface area contributed by atoms with Crippen LogP contribution in [0.5, 0.6) is 0 Å². The molecule has 21 heavy (non-hydrogen) atoms. The first-order valence-corrected chi connectivity index (χ1v) is 7.02. The molecule has 0 heterocycles. The predicted octanol–water partition coefficient (Wildman–Crippen LogP) is 1.49. The van der Waals surface area contributed by atoms with Crippen molar-refractivity contribution in [1.82, 2.24) is 10.2 Å². The summed E-state index contributed by atoms with van der Waals surface area (Å²) in [7, 11) is 3.98. The Morgan fingerprint density at radius 2 is 2.10 bits per heavy atom. The fourth-order valence-corrected chi connectivity index (χ4v) is 1.52. The van der Waals surface area contributed by atoms with E-state index in [9.17, 15) is 4.79 Å². The van der Waals surface area contributed by atoms with E-state index in [0.717, 1.165) is 5.56 Å². The van der Waals surface area contributed by atoms with Gasteiger partial charge in [-0.1, -0.05) is 17.9 Å². The van der Waals surface area contributed by atoms with Crippen molar-refractivity contribution in [3.05, 3.63) is 35.4 Å². The van der Waals surface area contributed by atoms with Gasteiger partial charge in [0.15, 0.2) is 0 Å². The summed E-state index contributed by atoms with van der Waals surface area (Å²) in [5, 5.41) is 11.7. The molecule has 0 bridgehead atoms. The molecule has 4 nitrogen and oxygen atoms in total. The molecule has 1 amide bonds. The normalized spacial score (nSPS) is 11.0. The predicted molar refractivity (Wildman–Crippen MR) is 85.1 cm³/mol. The number of amides is 1. The minimum absolute atomic E-state index is 0.0484. The SMILES string of the molecule is CN(C)C(C)(C)CNC(=O)c1cccc(C#CCCO)c1. The number of carbonyl (C=O) groups excluding carboxylic acids is 1. The summed E-state index contributed by atoms with van der Waals surface area (Å²) in [4.78, 5) is 14.3. The third-order valence-electron chi connectivity index (χ3n) is 3.49. The van der Waals surface area contributed by atoms with Gasteiger partial charge in [-0.3, -0.25) is 4.79 Å². The monoisotopic (exact) mass is 288 g/mol. The molecule has 2 N–H and O–H groups in total. The van der Waals surface area contributed by atoms with Crippen molar-refractivity contribution < 1.29 is 9.90 Å². The molecule has 0 spiro atoms. The van der Waals surface area contributed by atoms with Crippen molar-refractivity contribution in [2.75, 3.05) is 27.2 Å². The second-order valence-electron chi connectivity index (χ2n) is 5.75. The lowest BCUT2D eigenvalue weighted by Gasteiger charge is -2.32. The zero-order chi connectivity index (χ0) is 15.9. The molecule has 0 aliphatic carbocycles. The number of carbonyl (C=O) groups is 1. The van der Waals surface area contributed by atoms with E-state index in [-0.39, 0.29) is 18.1 Å². The molecule has 1 rings (SSSR count). The van der Waals surface area contributed by atoms with Crippen LogP contribution >= 0.6 is 0 Å². The van der Waals surface area contributed by atoms with Gasteiger partial charge in [0.05, 0.1) is 6.61 Å². The first-order valence-electron chi connectivity index (χ1n) is 7.02. The van der Waals surface area contributed by atoms with E-state index in [2.05, 4.69) is 35.9 Å². The van der Waals surface area contributed by atoms with Crippen LogP contribution in [-0.4, -0.2) is 48.7 Å². The summed E-state index contributed by atoms with van der Waals surface area (Å²) in [6.45, 7) is 4.76. The number of rotatable bonds is 5. The maximum absolute atomic E-state index is 12.2. The molecule has 0 aliphatic heterocycles. The maximum atomic E-state index is 12.2. The minimum atomic E-state index is -0.103. The van der Waals surface area contributed by atoms with E-state index in [1.807, 2.05) is 26.2 Å². The van der Waals surface area contributed by atoms with Crippen LogP contribution in [-0.2, 0) is 0 Å². The highest BCUT2D eigenvalue weighted by atomic mass is 16.2. The highest BCUT2D eigenvalue weighted by molar-refractivity contribution is 5.94. The number of benzene rings is 1. The molecule has 114 valence electrons. The van der Waals surface area contributed by atoms with Crippen molar-refractivity contribution in [1.29, 1.82) is 0 Å². The molecule has 0 aromatic heterocycles. The van der Waals surface area contributed by atoms with E-state index in [0.29, 0.717) is 18.5 Å². The zero-order valence-electron chi connectivity index (χ0n) is 13.2. The van der Waals surface area contributed by atoms with Crippen LogP contribution in [0.25, 0.3) is 0 Å². The third kappa shape index (κ3) is 5.58. The Kier molecular flexibility index (Phi) is 6.41. The lowest BCUT2D eigenvalue weighted by Crippen LogP contribution is -2.48. The Morgan fingerprint density at radius 1 is 1.38 bits per heavy atom. The van der Waals surface area contributed by atoms with Gasteiger partial charge in [-0.15, -0.1) is 0 Å². The standard InChI is InChI=1S/C17H24N2O2/c1-17(2,19(3)4)13-18-16(21)15-10-7-9-14(12-15)8-5-6-11-20/h7,9-10,12,20H,6,11,13H2,1-4H3,(H,18,21). The average molecular weight is 288 g/mol. The van der Waals surface area contributed by atoms with Crippen molar-refractivity contribution in [3.63, 3.8) is 0 Å². The summed E-state index contributed by atoms with van der Waals surface area (Å²) >= 11 is 0. The Bertz CT molecular complexity index is 539. The van der Waals surface area contributed by atoms with E-state index in [4.69, 9.17) is 5.11 Å². The molecular weight excluding hydrogens is 264 g/mol. The van der Waals surface area contributed by atoms with Gasteiger partial charge in [-0.05, 0) is 46.1 Å². The van der Waals surface area contributed by atoms with Crippen molar-refractivity contribution in [2.24, 2.45) is 0 Å². The van der Waals surface area contributed by atoms with Crippen LogP contribution in [0, 0.1) is 11.8 Å². The molecular formula is C17H24N2O2. The molecule has 1 aromatic rings. The first-order chi connectivity index (χ1) is 9.86. The number of aliphatic hydroxyl groups is 1. The van der Waals surface area contributed by atoms with Crippen LogP contribution in [0.4, 0.5) is 0 Å². The highest BCUT2D eigenvalue weighted by Crippen LogP contribution is 2.09. The second kappa shape index (κ2) is 7.82. The first kappa shape index (κ1) is 17.2. The smallest absolute Gasteiger partial charge is 0.251 e. The van der Waals surface area contributed by atoms with Crippen LogP contribution in [0.2, 0.25) is 0 Å². The molecule has 0 aliphatic rings. The zero-order valence-corrected chi connectivity index (χ0v) is 13.2. The number of nitrogens with zero attached hydrogens (tertiary/aromatic N) is 1. The van der Waals surface area contributed by atoms with Crippen LogP contribution < -0.4 is 5.32 Å². The number of nitrogens with one attached hydrogen (secondary N) is 1. The summed E-state index contributed by atoms with van der Waals surface area (Å²) < 4.78 is 0. The second-order valence-corrected chi connectivity index (χ2v) is 5.75. The summed E-state index contributed by atoms with van der Waals surface area (Å²) in [5.41, 5.74) is 1.28. The van der Waals surface area contributed by atoms with E-state index in [1.165, 1.54) is 0 Å². The fraction of sp³-hybridized carbons (Fsp3) is 0.471. The quantitative estimate of drug-likeness (QED) is 0.807. The number of likely N-dealkylation sites (N-methyl/N-ethyl adjacent to an activating group) is 1. The van der Waals surface area contributed by atoms with Gasteiger partial charge in [0.2, 0.25) is 0 Å². The third-order valence-corrected chi connectivity index (χ3v) is 3.49. The Labute approximate surface area is 127 Å². The lowest BCUT2D eigenvalue weighted by molar-refractivity contribution is 0.0919. The Balaban J connectivity index is 2.71.